The second-order valence-electron chi connectivity index (χ2n) is 13.5. The van der Waals surface area contributed by atoms with Crippen molar-refractivity contribution in [1.29, 1.82) is 0 Å². The second kappa shape index (κ2) is 16.1. The number of amides is 2. The Bertz CT molecular complexity index is 1590. The number of carbonyl (C=O) groups is 4. The minimum atomic E-state index is -1.09. The second-order valence-corrected chi connectivity index (χ2v) is 13.5. The number of carbonyl (C=O) groups excluding carboxylic acids is 3. The van der Waals surface area contributed by atoms with Crippen LogP contribution in [0.2, 0.25) is 0 Å². The van der Waals surface area contributed by atoms with Gasteiger partial charge in [-0.1, -0.05) is 68.4 Å². The number of ketones is 1. The summed E-state index contributed by atoms with van der Waals surface area (Å²) in [5.74, 6) is -1.17. The number of morpholine rings is 1. The van der Waals surface area contributed by atoms with Gasteiger partial charge in [0.1, 0.15) is 23.0 Å². The third kappa shape index (κ3) is 9.54. The smallest absolute Gasteiger partial charge is 0.410 e. The Morgan fingerprint density at radius 2 is 1.75 bits per heavy atom. The van der Waals surface area contributed by atoms with Gasteiger partial charge in [-0.15, -0.1) is 0 Å². The van der Waals surface area contributed by atoms with Crippen LogP contribution in [0.15, 0.2) is 60.7 Å². The molecule has 3 aromatic rings. The van der Waals surface area contributed by atoms with E-state index in [-0.39, 0.29) is 42.1 Å². The maximum absolute atomic E-state index is 13.8. The quantitative estimate of drug-likeness (QED) is 0.199. The zero-order chi connectivity index (χ0) is 35.0. The fourth-order valence-electron chi connectivity index (χ4n) is 5.63. The van der Waals surface area contributed by atoms with Crippen molar-refractivity contribution in [3.63, 3.8) is 0 Å². The van der Waals surface area contributed by atoms with Gasteiger partial charge in [0.05, 0.1) is 31.9 Å². The van der Waals surface area contributed by atoms with Crippen LogP contribution in [-0.4, -0.2) is 84.9 Å². The van der Waals surface area contributed by atoms with E-state index in [1.54, 1.807) is 70.3 Å². The molecule has 11 nitrogen and oxygen atoms in total. The molecule has 3 N–H and O–H groups in total. The van der Waals surface area contributed by atoms with Gasteiger partial charge in [0.25, 0.3) is 0 Å². The molecule has 1 saturated heterocycles. The van der Waals surface area contributed by atoms with Crippen LogP contribution in [0.25, 0.3) is 10.8 Å². The Morgan fingerprint density at radius 1 is 1.04 bits per heavy atom. The van der Waals surface area contributed by atoms with Crippen LogP contribution in [0.4, 0.5) is 4.79 Å². The van der Waals surface area contributed by atoms with Crippen molar-refractivity contribution >= 4 is 34.5 Å². The average molecular weight is 662 g/mol. The van der Waals surface area contributed by atoms with Crippen LogP contribution in [0.3, 0.4) is 0 Å². The SMILES string of the molecule is CC(C)CC(C(=O)c1ccc(C(CCOc2ccc3ccccc3c2C(=O)O)NC(=O)C2COCCN2)cc1)N(C)C(=O)OC(C)(C)C. The van der Waals surface area contributed by atoms with Gasteiger partial charge in [0.15, 0.2) is 5.78 Å². The van der Waals surface area contributed by atoms with Gasteiger partial charge in [-0.25, -0.2) is 9.59 Å². The zero-order valence-electron chi connectivity index (χ0n) is 28.6. The predicted molar refractivity (Wildman–Crippen MR) is 183 cm³/mol. The first-order valence-corrected chi connectivity index (χ1v) is 16.3. The Hall–Kier alpha value is -4.48. The number of hydrogen-bond donors (Lipinski definition) is 3. The van der Waals surface area contributed by atoms with Crippen molar-refractivity contribution in [3.8, 4) is 5.75 Å². The van der Waals surface area contributed by atoms with Crippen LogP contribution >= 0.6 is 0 Å². The van der Waals surface area contributed by atoms with E-state index < -0.39 is 35.8 Å². The standard InChI is InChI=1S/C37H47N3O8/c1-23(2)21-30(40(6)36(45)48-37(3,4)5)33(41)26-13-11-25(12-14-26)28(39-34(42)29-22-46-20-18-38-29)17-19-47-31-16-15-24-9-7-8-10-27(24)32(31)35(43)44/h7-16,23,28-30,38H,17-22H2,1-6H3,(H,39,42)(H,43,44). The van der Waals surface area contributed by atoms with Gasteiger partial charge in [0, 0.05) is 25.6 Å². The third-order valence-corrected chi connectivity index (χ3v) is 8.07. The van der Waals surface area contributed by atoms with Crippen molar-refractivity contribution in [3.05, 3.63) is 77.4 Å². The number of rotatable bonds is 13. The largest absolute Gasteiger partial charge is 0.493 e. The number of fused-ring (bicyclic) bond motifs is 1. The van der Waals surface area contributed by atoms with Crippen molar-refractivity contribution in [2.45, 2.75) is 71.2 Å². The zero-order valence-corrected chi connectivity index (χ0v) is 28.6. The molecule has 0 saturated carbocycles. The molecule has 0 radical (unpaired) electrons. The first-order chi connectivity index (χ1) is 22.7. The lowest BCUT2D eigenvalue weighted by Gasteiger charge is -2.31. The molecule has 258 valence electrons. The Kier molecular flexibility index (Phi) is 12.2. The van der Waals surface area contributed by atoms with Gasteiger partial charge >= 0.3 is 12.1 Å². The summed E-state index contributed by atoms with van der Waals surface area (Å²) < 4.78 is 17.0. The molecule has 2 amide bonds. The number of nitrogens with zero attached hydrogens (tertiary/aromatic N) is 1. The minimum absolute atomic E-state index is 0.0763. The van der Waals surface area contributed by atoms with Gasteiger partial charge in [-0.2, -0.15) is 0 Å². The third-order valence-electron chi connectivity index (χ3n) is 8.07. The lowest BCUT2D eigenvalue weighted by atomic mass is 9.93. The normalized spacial score (nSPS) is 16.2. The molecule has 48 heavy (non-hydrogen) atoms. The van der Waals surface area contributed by atoms with Crippen LogP contribution in [0.1, 0.15) is 79.8 Å². The number of Topliss-reactive ketones (excluding diaryl/α,β-unsaturated/α-hetero) is 1. The van der Waals surface area contributed by atoms with Crippen molar-refractivity contribution in [2.24, 2.45) is 5.92 Å². The molecular weight excluding hydrogens is 614 g/mol. The van der Waals surface area contributed by atoms with E-state index in [2.05, 4.69) is 10.6 Å². The molecule has 1 heterocycles. The highest BCUT2D eigenvalue weighted by Crippen LogP contribution is 2.29. The van der Waals surface area contributed by atoms with Crippen molar-refractivity contribution < 1.29 is 38.5 Å². The lowest BCUT2D eigenvalue weighted by Crippen LogP contribution is -2.52. The molecule has 0 bridgehead atoms. The highest BCUT2D eigenvalue weighted by Gasteiger charge is 2.32. The summed E-state index contributed by atoms with van der Waals surface area (Å²) in [4.78, 5) is 53.4. The van der Waals surface area contributed by atoms with Crippen LogP contribution < -0.4 is 15.4 Å². The molecule has 0 aliphatic carbocycles. The van der Waals surface area contributed by atoms with Crippen molar-refractivity contribution in [1.82, 2.24) is 15.5 Å². The van der Waals surface area contributed by atoms with Crippen LogP contribution in [0.5, 0.6) is 5.75 Å². The lowest BCUT2D eigenvalue weighted by molar-refractivity contribution is -0.126. The average Bonchev–Trinajstić information content (AvgIpc) is 3.05. The summed E-state index contributed by atoms with van der Waals surface area (Å²) in [6.45, 7) is 10.7. The number of nitrogens with one attached hydrogen (secondary N) is 2. The molecule has 3 atom stereocenters. The summed E-state index contributed by atoms with van der Waals surface area (Å²) in [6, 6.07) is 15.8. The molecule has 3 unspecified atom stereocenters. The summed E-state index contributed by atoms with van der Waals surface area (Å²) in [6.07, 6.45) is 0.199. The fourth-order valence-corrected chi connectivity index (χ4v) is 5.63. The number of carboxylic acids is 1. The topological polar surface area (TPSA) is 144 Å². The van der Waals surface area contributed by atoms with E-state index in [1.165, 1.54) is 4.90 Å². The summed E-state index contributed by atoms with van der Waals surface area (Å²) in [5.41, 5.74) is 0.529. The molecule has 1 aliphatic heterocycles. The fraction of sp³-hybridized carbons (Fsp3) is 0.459. The first kappa shape index (κ1) is 36.4. The molecule has 0 spiro atoms. The monoisotopic (exact) mass is 661 g/mol. The highest BCUT2D eigenvalue weighted by molar-refractivity contribution is 6.06. The van der Waals surface area contributed by atoms with Gasteiger partial charge < -0.3 is 34.9 Å². The summed E-state index contributed by atoms with van der Waals surface area (Å²) in [5, 5.41) is 17.6. The minimum Gasteiger partial charge on any atom is -0.493 e. The molecule has 0 aromatic heterocycles. The van der Waals surface area contributed by atoms with E-state index in [0.717, 1.165) is 10.9 Å². The molecule has 4 rings (SSSR count). The van der Waals surface area contributed by atoms with Gasteiger partial charge in [-0.3, -0.25) is 9.59 Å². The highest BCUT2D eigenvalue weighted by atomic mass is 16.6. The first-order valence-electron chi connectivity index (χ1n) is 16.3. The maximum Gasteiger partial charge on any atom is 0.410 e. The van der Waals surface area contributed by atoms with Crippen LogP contribution in [0, 0.1) is 5.92 Å². The van der Waals surface area contributed by atoms with Gasteiger partial charge in [0.2, 0.25) is 5.91 Å². The molecule has 11 heteroatoms. The Balaban J connectivity index is 1.55. The summed E-state index contributed by atoms with van der Waals surface area (Å²) >= 11 is 0. The van der Waals surface area contributed by atoms with Crippen molar-refractivity contribution in [2.75, 3.05) is 33.4 Å². The van der Waals surface area contributed by atoms with E-state index in [9.17, 15) is 24.3 Å². The number of ether oxygens (including phenoxy) is 3. The number of benzene rings is 3. The van der Waals surface area contributed by atoms with Crippen LogP contribution in [-0.2, 0) is 14.3 Å². The molecular formula is C37H47N3O8. The maximum atomic E-state index is 13.8. The predicted octanol–water partition coefficient (Wildman–Crippen LogP) is 5.62. The van der Waals surface area contributed by atoms with Gasteiger partial charge in [-0.05, 0) is 55.5 Å². The molecule has 1 aliphatic rings. The Labute approximate surface area is 281 Å². The summed E-state index contributed by atoms with van der Waals surface area (Å²) in [7, 11) is 1.58. The molecule has 3 aromatic carbocycles. The molecule has 1 fully saturated rings. The number of hydrogen-bond acceptors (Lipinski definition) is 8. The van der Waals surface area contributed by atoms with E-state index in [0.29, 0.717) is 36.9 Å². The Morgan fingerprint density at radius 3 is 2.38 bits per heavy atom. The van der Waals surface area contributed by atoms with E-state index in [4.69, 9.17) is 14.2 Å². The van der Waals surface area contributed by atoms with E-state index in [1.807, 2.05) is 32.0 Å². The number of likely N-dealkylation sites (N-methyl/N-ethyl adjacent to an activating group) is 1. The number of aromatic carboxylic acids is 1. The van der Waals surface area contributed by atoms with E-state index >= 15 is 0 Å². The number of carboxylic acid groups (broad SMARTS) is 1.